The zero-order valence-corrected chi connectivity index (χ0v) is 17.8. The van der Waals surface area contributed by atoms with Gasteiger partial charge in [-0.15, -0.1) is 11.3 Å². The van der Waals surface area contributed by atoms with E-state index in [1.54, 1.807) is 25.1 Å². The van der Waals surface area contributed by atoms with Crippen LogP contribution in [0.25, 0.3) is 10.6 Å². The monoisotopic (exact) mass is 429 g/mol. The number of methoxy groups -OCH3 is 1. The number of ether oxygens (including phenoxy) is 1. The van der Waals surface area contributed by atoms with Gasteiger partial charge in [-0.05, 0) is 43.7 Å². The minimum Gasteiger partial charge on any atom is -0.495 e. The molecule has 0 saturated carbocycles. The van der Waals surface area contributed by atoms with Crippen LogP contribution in [-0.4, -0.2) is 30.5 Å². The van der Waals surface area contributed by atoms with Crippen molar-refractivity contribution in [1.29, 1.82) is 0 Å². The van der Waals surface area contributed by atoms with Crippen LogP contribution in [0.3, 0.4) is 0 Å². The third-order valence-corrected chi connectivity index (χ3v) is 5.55. The number of rotatable bonds is 6. The lowest BCUT2D eigenvalue weighted by atomic mass is 10.2. The molecule has 29 heavy (non-hydrogen) atoms. The van der Waals surface area contributed by atoms with E-state index in [1.165, 1.54) is 18.4 Å². The molecule has 150 valence electrons. The van der Waals surface area contributed by atoms with Crippen LogP contribution in [0.2, 0.25) is 5.02 Å². The molecule has 1 aromatic heterocycles. The van der Waals surface area contributed by atoms with Crippen molar-refractivity contribution < 1.29 is 14.3 Å². The summed E-state index contributed by atoms with van der Waals surface area (Å²) in [5.41, 5.74) is 2.99. The highest BCUT2D eigenvalue weighted by Gasteiger charge is 2.17. The highest BCUT2D eigenvalue weighted by atomic mass is 35.5. The van der Waals surface area contributed by atoms with Crippen molar-refractivity contribution in [1.82, 2.24) is 10.3 Å². The maximum absolute atomic E-state index is 12.5. The Morgan fingerprint density at radius 1 is 1.17 bits per heavy atom. The molecule has 0 atom stereocenters. The van der Waals surface area contributed by atoms with Crippen LogP contribution < -0.4 is 15.4 Å². The lowest BCUT2D eigenvalue weighted by Crippen LogP contribution is -2.32. The molecule has 0 aliphatic heterocycles. The Bertz CT molecular complexity index is 1070. The maximum Gasteiger partial charge on any atom is 0.263 e. The molecule has 2 aromatic carbocycles. The second kappa shape index (κ2) is 9.07. The molecular formula is C21H20ClN3O3S. The van der Waals surface area contributed by atoms with Gasteiger partial charge in [0.1, 0.15) is 15.6 Å². The number of anilines is 1. The molecule has 2 N–H and O–H groups in total. The molecule has 2 amide bonds. The Balaban J connectivity index is 1.65. The zero-order chi connectivity index (χ0) is 21.0. The van der Waals surface area contributed by atoms with Crippen LogP contribution in [0.1, 0.15) is 20.9 Å². The second-order valence-electron chi connectivity index (χ2n) is 6.38. The van der Waals surface area contributed by atoms with E-state index in [0.29, 0.717) is 32.0 Å². The Kier molecular flexibility index (Phi) is 6.51. The summed E-state index contributed by atoms with van der Waals surface area (Å²) in [5, 5.41) is 6.70. The molecule has 3 rings (SSSR count). The van der Waals surface area contributed by atoms with Crippen LogP contribution in [-0.2, 0) is 4.79 Å². The first kappa shape index (κ1) is 20.8. The van der Waals surface area contributed by atoms with Crippen LogP contribution in [0, 0.1) is 13.8 Å². The van der Waals surface area contributed by atoms with E-state index in [4.69, 9.17) is 16.3 Å². The van der Waals surface area contributed by atoms with Crippen molar-refractivity contribution in [2.75, 3.05) is 19.0 Å². The first-order valence-corrected chi connectivity index (χ1v) is 10.0. The van der Waals surface area contributed by atoms with Crippen LogP contribution in [0.15, 0.2) is 42.5 Å². The average molecular weight is 430 g/mol. The first-order chi connectivity index (χ1) is 13.9. The normalized spacial score (nSPS) is 10.5. The molecule has 0 bridgehead atoms. The average Bonchev–Trinajstić information content (AvgIpc) is 3.08. The second-order valence-corrected chi connectivity index (χ2v) is 7.81. The molecule has 3 aromatic rings. The molecule has 0 unspecified atom stereocenters. The molecule has 0 spiro atoms. The van der Waals surface area contributed by atoms with Crippen LogP contribution in [0.5, 0.6) is 5.75 Å². The van der Waals surface area contributed by atoms with E-state index in [0.717, 1.165) is 11.1 Å². The molecule has 0 aliphatic rings. The van der Waals surface area contributed by atoms with Crippen molar-refractivity contribution in [3.63, 3.8) is 0 Å². The number of aryl methyl sites for hydroxylation is 2. The Hall–Kier alpha value is -2.90. The number of aromatic nitrogens is 1. The number of halogens is 1. The Morgan fingerprint density at radius 3 is 2.69 bits per heavy atom. The van der Waals surface area contributed by atoms with Gasteiger partial charge >= 0.3 is 0 Å². The number of hydrogen-bond donors (Lipinski definition) is 2. The topological polar surface area (TPSA) is 80.3 Å². The molecular weight excluding hydrogens is 410 g/mol. The summed E-state index contributed by atoms with van der Waals surface area (Å²) in [6.07, 6.45) is 0. The third-order valence-electron chi connectivity index (χ3n) is 4.11. The lowest BCUT2D eigenvalue weighted by molar-refractivity contribution is -0.115. The van der Waals surface area contributed by atoms with E-state index >= 15 is 0 Å². The lowest BCUT2D eigenvalue weighted by Gasteiger charge is -2.11. The fourth-order valence-corrected chi connectivity index (χ4v) is 3.88. The first-order valence-electron chi connectivity index (χ1n) is 8.83. The Morgan fingerprint density at radius 2 is 1.97 bits per heavy atom. The van der Waals surface area contributed by atoms with Crippen molar-refractivity contribution >= 4 is 40.4 Å². The number of benzene rings is 2. The number of hydrogen-bond acceptors (Lipinski definition) is 5. The summed E-state index contributed by atoms with van der Waals surface area (Å²) in [6, 6.07) is 12.8. The molecule has 0 radical (unpaired) electrons. The van der Waals surface area contributed by atoms with Gasteiger partial charge in [0, 0.05) is 10.6 Å². The highest BCUT2D eigenvalue weighted by molar-refractivity contribution is 7.17. The molecule has 8 heteroatoms. The quantitative estimate of drug-likeness (QED) is 0.606. The standard InChI is InChI=1S/C21H20ClN3O3S/c1-12-7-8-17(28-3)16(9-12)25-18(26)11-23-20(27)19-13(2)24-21(29-19)14-5-4-6-15(22)10-14/h4-10H,11H2,1-3H3,(H,23,27)(H,25,26). The van der Waals surface area contributed by atoms with Gasteiger partial charge in [0.2, 0.25) is 5.91 Å². The summed E-state index contributed by atoms with van der Waals surface area (Å²) < 4.78 is 5.25. The molecule has 6 nitrogen and oxygen atoms in total. The fourth-order valence-electron chi connectivity index (χ4n) is 2.71. The van der Waals surface area contributed by atoms with Gasteiger partial charge < -0.3 is 15.4 Å². The van der Waals surface area contributed by atoms with E-state index < -0.39 is 0 Å². The molecule has 0 fully saturated rings. The third kappa shape index (κ3) is 5.13. The van der Waals surface area contributed by atoms with E-state index in [9.17, 15) is 9.59 Å². The molecule has 0 aliphatic carbocycles. The van der Waals surface area contributed by atoms with Crippen molar-refractivity contribution in [3.05, 3.63) is 63.6 Å². The molecule has 1 heterocycles. The van der Waals surface area contributed by atoms with Gasteiger partial charge in [-0.1, -0.05) is 29.8 Å². The van der Waals surface area contributed by atoms with Crippen LogP contribution >= 0.6 is 22.9 Å². The van der Waals surface area contributed by atoms with Gasteiger partial charge in [-0.3, -0.25) is 9.59 Å². The Labute approximate surface area is 177 Å². The predicted molar refractivity (Wildman–Crippen MR) is 116 cm³/mol. The SMILES string of the molecule is COc1ccc(C)cc1NC(=O)CNC(=O)c1sc(-c2cccc(Cl)c2)nc1C. The van der Waals surface area contributed by atoms with Crippen molar-refractivity contribution in [2.45, 2.75) is 13.8 Å². The van der Waals surface area contributed by atoms with Gasteiger partial charge in [0.15, 0.2) is 0 Å². The number of nitrogens with zero attached hydrogens (tertiary/aromatic N) is 1. The largest absolute Gasteiger partial charge is 0.495 e. The minimum atomic E-state index is -0.348. The number of carbonyl (C=O) groups is 2. The van der Waals surface area contributed by atoms with Gasteiger partial charge in [-0.2, -0.15) is 0 Å². The van der Waals surface area contributed by atoms with Crippen LogP contribution in [0.4, 0.5) is 5.69 Å². The maximum atomic E-state index is 12.5. The van der Waals surface area contributed by atoms with E-state index in [2.05, 4.69) is 15.6 Å². The van der Waals surface area contributed by atoms with E-state index in [-0.39, 0.29) is 18.4 Å². The molecule has 0 saturated heterocycles. The zero-order valence-electron chi connectivity index (χ0n) is 16.2. The summed E-state index contributed by atoms with van der Waals surface area (Å²) >= 11 is 7.29. The minimum absolute atomic E-state index is 0.167. The highest BCUT2D eigenvalue weighted by Crippen LogP contribution is 2.29. The van der Waals surface area contributed by atoms with E-state index in [1.807, 2.05) is 31.2 Å². The predicted octanol–water partition coefficient (Wildman–Crippen LogP) is 4.46. The van der Waals surface area contributed by atoms with Gasteiger partial charge in [-0.25, -0.2) is 4.98 Å². The number of carbonyl (C=O) groups excluding carboxylic acids is 2. The van der Waals surface area contributed by atoms with Gasteiger partial charge in [0.25, 0.3) is 5.91 Å². The summed E-state index contributed by atoms with van der Waals surface area (Å²) in [6.45, 7) is 3.51. The fraction of sp³-hybridized carbons (Fsp3) is 0.190. The van der Waals surface area contributed by atoms with Crippen molar-refractivity contribution in [2.24, 2.45) is 0 Å². The van der Waals surface area contributed by atoms with Crippen molar-refractivity contribution in [3.8, 4) is 16.3 Å². The number of nitrogens with one attached hydrogen (secondary N) is 2. The smallest absolute Gasteiger partial charge is 0.263 e. The summed E-state index contributed by atoms with van der Waals surface area (Å²) in [5.74, 6) is -0.140. The number of amides is 2. The number of thiazole rings is 1. The summed E-state index contributed by atoms with van der Waals surface area (Å²) in [4.78, 5) is 29.7. The van der Waals surface area contributed by atoms with Gasteiger partial charge in [0.05, 0.1) is 25.0 Å². The summed E-state index contributed by atoms with van der Waals surface area (Å²) in [7, 11) is 1.53.